The molecule has 1 aromatic heterocycles. The highest BCUT2D eigenvalue weighted by atomic mass is 16.6. The van der Waals surface area contributed by atoms with E-state index < -0.39 is 4.92 Å². The lowest BCUT2D eigenvalue weighted by Gasteiger charge is -1.91. The van der Waals surface area contributed by atoms with E-state index >= 15 is 0 Å². The summed E-state index contributed by atoms with van der Waals surface area (Å²) >= 11 is 0. The summed E-state index contributed by atoms with van der Waals surface area (Å²) in [6, 6.07) is 1.30. The number of hydrogen-bond acceptors (Lipinski definition) is 3. The van der Waals surface area contributed by atoms with Crippen LogP contribution in [0.2, 0.25) is 0 Å². The molecule has 0 aliphatic carbocycles. The first-order valence-electron chi connectivity index (χ1n) is 2.91. The Kier molecular flexibility index (Phi) is 1.72. The lowest BCUT2D eigenvalue weighted by atomic mass is 10.4. The van der Waals surface area contributed by atoms with Crippen LogP contribution in [0.15, 0.2) is 12.3 Å². The number of aryl methyl sites for hydroxylation is 1. The summed E-state index contributed by atoms with van der Waals surface area (Å²) in [6.45, 7) is 0. The zero-order chi connectivity index (χ0) is 8.43. The van der Waals surface area contributed by atoms with Gasteiger partial charge in [0, 0.05) is 19.3 Å². The van der Waals surface area contributed by atoms with Crippen molar-refractivity contribution in [3.05, 3.63) is 28.1 Å². The molecule has 0 fully saturated rings. The molecule has 0 N–H and O–H groups in total. The van der Waals surface area contributed by atoms with Gasteiger partial charge in [-0.2, -0.15) is 0 Å². The smallest absolute Gasteiger partial charge is 0.297 e. The first-order valence-corrected chi connectivity index (χ1v) is 2.91. The van der Waals surface area contributed by atoms with Crippen LogP contribution in [0, 0.1) is 10.1 Å². The molecule has 5 heteroatoms. The van der Waals surface area contributed by atoms with Crippen molar-refractivity contribution in [3.8, 4) is 0 Å². The molecule has 0 aromatic carbocycles. The predicted molar refractivity (Wildman–Crippen MR) is 37.5 cm³/mol. The average molecular weight is 154 g/mol. The fourth-order valence-corrected chi connectivity index (χ4v) is 0.827. The van der Waals surface area contributed by atoms with Gasteiger partial charge in [-0.05, 0) is 0 Å². The van der Waals surface area contributed by atoms with E-state index in [1.807, 2.05) is 0 Å². The van der Waals surface area contributed by atoms with Crippen molar-refractivity contribution < 1.29 is 9.72 Å². The maximum absolute atomic E-state index is 10.3. The summed E-state index contributed by atoms with van der Waals surface area (Å²) < 4.78 is 1.41. The molecule has 1 rings (SSSR count). The molecule has 0 saturated heterocycles. The van der Waals surface area contributed by atoms with Gasteiger partial charge < -0.3 is 4.57 Å². The third-order valence-corrected chi connectivity index (χ3v) is 1.41. The van der Waals surface area contributed by atoms with Gasteiger partial charge in [-0.3, -0.25) is 14.9 Å². The number of nitrogens with zero attached hydrogens (tertiary/aromatic N) is 2. The number of carbonyl (C=O) groups is 1. The number of hydrogen-bond donors (Lipinski definition) is 0. The van der Waals surface area contributed by atoms with Crippen molar-refractivity contribution in [2.75, 3.05) is 0 Å². The molecule has 0 amide bonds. The van der Waals surface area contributed by atoms with Crippen molar-refractivity contribution in [2.45, 2.75) is 0 Å². The molecule has 58 valence electrons. The van der Waals surface area contributed by atoms with Crippen molar-refractivity contribution in [2.24, 2.45) is 7.05 Å². The van der Waals surface area contributed by atoms with E-state index in [0.29, 0.717) is 6.29 Å². The van der Waals surface area contributed by atoms with Crippen LogP contribution in [0.3, 0.4) is 0 Å². The van der Waals surface area contributed by atoms with Crippen molar-refractivity contribution in [1.82, 2.24) is 4.57 Å². The van der Waals surface area contributed by atoms with Gasteiger partial charge in [0.25, 0.3) is 5.69 Å². The van der Waals surface area contributed by atoms with Crippen molar-refractivity contribution >= 4 is 12.0 Å². The van der Waals surface area contributed by atoms with E-state index in [1.54, 1.807) is 7.05 Å². The summed E-state index contributed by atoms with van der Waals surface area (Å²) in [5.41, 5.74) is -0.0579. The van der Waals surface area contributed by atoms with E-state index in [0.717, 1.165) is 0 Å². The average Bonchev–Trinajstić information content (AvgIpc) is 2.30. The van der Waals surface area contributed by atoms with E-state index in [1.165, 1.54) is 16.8 Å². The molecule has 0 bridgehead atoms. The number of nitro groups is 1. The number of aldehydes is 1. The number of carbonyl (C=O) groups excluding carboxylic acids is 1. The number of aromatic nitrogens is 1. The second-order valence-electron chi connectivity index (χ2n) is 2.07. The molecule has 1 aromatic rings. The van der Waals surface area contributed by atoms with Crippen molar-refractivity contribution in [1.29, 1.82) is 0 Å². The Morgan fingerprint density at radius 3 is 2.73 bits per heavy atom. The monoisotopic (exact) mass is 154 g/mol. The molecule has 0 unspecified atom stereocenters. The first kappa shape index (κ1) is 7.46. The Bertz CT molecular complexity index is 303. The summed E-state index contributed by atoms with van der Waals surface area (Å²) in [5.74, 6) is 0. The van der Waals surface area contributed by atoms with Crippen LogP contribution in [0.25, 0.3) is 0 Å². The van der Waals surface area contributed by atoms with Gasteiger partial charge in [0.1, 0.15) is 0 Å². The molecule has 1 heterocycles. The van der Waals surface area contributed by atoms with E-state index in [9.17, 15) is 14.9 Å². The van der Waals surface area contributed by atoms with Crippen LogP contribution in [-0.4, -0.2) is 15.8 Å². The number of rotatable bonds is 2. The Hall–Kier alpha value is -1.65. The molecule has 0 saturated carbocycles. The zero-order valence-electron chi connectivity index (χ0n) is 5.85. The molecular formula is C6H6N2O3. The van der Waals surface area contributed by atoms with Gasteiger partial charge in [0.2, 0.25) is 0 Å². The minimum atomic E-state index is -0.580. The minimum absolute atomic E-state index is 0.0926. The molecule has 5 nitrogen and oxygen atoms in total. The standard InChI is InChI=1S/C6H6N2O3/c1-7-3-2-5(8(10)11)6(7)4-9/h2-4H,1H3. The van der Waals surface area contributed by atoms with Gasteiger partial charge in [0.15, 0.2) is 12.0 Å². The quantitative estimate of drug-likeness (QED) is 0.358. The van der Waals surface area contributed by atoms with Crippen LogP contribution >= 0.6 is 0 Å². The van der Waals surface area contributed by atoms with Gasteiger partial charge in [-0.15, -0.1) is 0 Å². The topological polar surface area (TPSA) is 65.1 Å². The fourth-order valence-electron chi connectivity index (χ4n) is 0.827. The zero-order valence-corrected chi connectivity index (χ0v) is 5.85. The van der Waals surface area contributed by atoms with Crippen LogP contribution < -0.4 is 0 Å². The van der Waals surface area contributed by atoms with E-state index in [4.69, 9.17) is 0 Å². The predicted octanol–water partition coefficient (Wildman–Crippen LogP) is 0.746. The summed E-state index contributed by atoms with van der Waals surface area (Å²) in [5, 5.41) is 10.2. The highest BCUT2D eigenvalue weighted by Gasteiger charge is 2.15. The molecule has 0 aliphatic heterocycles. The maximum atomic E-state index is 10.3. The minimum Gasteiger partial charge on any atom is -0.343 e. The van der Waals surface area contributed by atoms with Gasteiger partial charge in [-0.25, -0.2) is 0 Å². The highest BCUT2D eigenvalue weighted by Crippen LogP contribution is 2.15. The second-order valence-corrected chi connectivity index (χ2v) is 2.07. The van der Waals surface area contributed by atoms with Gasteiger partial charge >= 0.3 is 0 Å². The molecule has 0 radical (unpaired) electrons. The molecular weight excluding hydrogens is 148 g/mol. The molecule has 0 spiro atoms. The molecule has 11 heavy (non-hydrogen) atoms. The Morgan fingerprint density at radius 1 is 1.73 bits per heavy atom. The van der Waals surface area contributed by atoms with Crippen LogP contribution in [0.5, 0.6) is 0 Å². The van der Waals surface area contributed by atoms with Gasteiger partial charge in [0.05, 0.1) is 4.92 Å². The molecule has 0 aliphatic rings. The van der Waals surface area contributed by atoms with Crippen molar-refractivity contribution in [3.63, 3.8) is 0 Å². The molecule has 0 atom stereocenters. The van der Waals surface area contributed by atoms with E-state index in [-0.39, 0.29) is 11.4 Å². The Balaban J connectivity index is 3.26. The SMILES string of the molecule is Cn1ccc([N+](=O)[O-])c1C=O. The normalized spacial score (nSPS) is 9.55. The van der Waals surface area contributed by atoms with Gasteiger partial charge in [-0.1, -0.05) is 0 Å². The van der Waals surface area contributed by atoms with E-state index in [2.05, 4.69) is 0 Å². The third-order valence-electron chi connectivity index (χ3n) is 1.41. The largest absolute Gasteiger partial charge is 0.343 e. The second kappa shape index (κ2) is 2.53. The third kappa shape index (κ3) is 1.12. The van der Waals surface area contributed by atoms with Crippen LogP contribution in [0.1, 0.15) is 10.5 Å². The first-order chi connectivity index (χ1) is 5.16. The van der Waals surface area contributed by atoms with Crippen LogP contribution in [-0.2, 0) is 7.05 Å². The maximum Gasteiger partial charge on any atom is 0.297 e. The summed E-state index contributed by atoms with van der Waals surface area (Å²) in [6.07, 6.45) is 1.94. The summed E-state index contributed by atoms with van der Waals surface area (Å²) in [7, 11) is 1.58. The summed E-state index contributed by atoms with van der Waals surface area (Å²) in [4.78, 5) is 19.9. The van der Waals surface area contributed by atoms with Crippen LogP contribution in [0.4, 0.5) is 5.69 Å². The Labute approximate surface area is 62.4 Å². The lowest BCUT2D eigenvalue weighted by Crippen LogP contribution is -1.96. The lowest BCUT2D eigenvalue weighted by molar-refractivity contribution is -0.385. The Morgan fingerprint density at radius 2 is 2.36 bits per heavy atom. The fraction of sp³-hybridized carbons (Fsp3) is 0.167. The highest BCUT2D eigenvalue weighted by molar-refractivity contribution is 5.79.